The lowest BCUT2D eigenvalue weighted by molar-refractivity contribution is -0.0824. The largest absolute Gasteiger partial charge is 0.459 e. The third-order valence-corrected chi connectivity index (χ3v) is 5.13. The number of para-hydroxylation sites is 1. The maximum absolute atomic E-state index is 12.3. The van der Waals surface area contributed by atoms with Crippen molar-refractivity contribution in [1.82, 2.24) is 15.0 Å². The van der Waals surface area contributed by atoms with Crippen LogP contribution in [-0.2, 0) is 4.74 Å². The topological polar surface area (TPSA) is 118 Å². The summed E-state index contributed by atoms with van der Waals surface area (Å²) < 4.78 is 5.12. The minimum Gasteiger partial charge on any atom is -0.459 e. The second-order valence-corrected chi connectivity index (χ2v) is 7.44. The van der Waals surface area contributed by atoms with Crippen molar-refractivity contribution in [3.63, 3.8) is 0 Å². The summed E-state index contributed by atoms with van der Waals surface area (Å²) in [4.78, 5) is 13.6. The van der Waals surface area contributed by atoms with Crippen LogP contribution in [0.5, 0.6) is 0 Å². The Morgan fingerprint density at radius 1 is 0.848 bits per heavy atom. The number of hydrogen-bond acceptors (Lipinski definition) is 7. The van der Waals surface area contributed by atoms with Crippen LogP contribution < -0.4 is 0 Å². The van der Waals surface area contributed by atoms with Crippen molar-refractivity contribution < 1.29 is 24.9 Å². The molecule has 1 heterocycles. The van der Waals surface area contributed by atoms with Crippen LogP contribution in [0.4, 0.5) is 0 Å². The first-order chi connectivity index (χ1) is 16.0. The first-order valence-corrected chi connectivity index (χ1v) is 10.4. The van der Waals surface area contributed by atoms with Gasteiger partial charge >= 0.3 is 5.97 Å². The van der Waals surface area contributed by atoms with Gasteiger partial charge in [0.1, 0.15) is 30.6 Å². The molecular formula is C25H23N3O5. The number of aliphatic hydroxyl groups is 3. The highest BCUT2D eigenvalue weighted by atomic mass is 16.5. The number of carbonyl (C=O) groups is 1. The van der Waals surface area contributed by atoms with E-state index >= 15 is 0 Å². The first kappa shape index (κ1) is 22.3. The van der Waals surface area contributed by atoms with Crippen molar-refractivity contribution in [2.75, 3.05) is 6.61 Å². The molecule has 3 aromatic carbocycles. The molecule has 3 unspecified atom stereocenters. The third-order valence-electron chi connectivity index (χ3n) is 5.13. The van der Waals surface area contributed by atoms with Crippen LogP contribution in [0, 0.1) is 0 Å². The van der Waals surface area contributed by atoms with Gasteiger partial charge in [0, 0.05) is 0 Å². The van der Waals surface area contributed by atoms with Crippen molar-refractivity contribution >= 4 is 5.97 Å². The number of nitrogens with zero attached hydrogens (tertiary/aromatic N) is 3. The van der Waals surface area contributed by atoms with E-state index in [1.165, 1.54) is 11.0 Å². The van der Waals surface area contributed by atoms with Crippen LogP contribution in [0.15, 0.2) is 91.1 Å². The number of aliphatic hydroxyl groups excluding tert-OH is 3. The second kappa shape index (κ2) is 10.2. The maximum atomic E-state index is 12.3. The molecule has 0 spiro atoms. The molecule has 168 valence electrons. The third kappa shape index (κ3) is 5.32. The zero-order chi connectivity index (χ0) is 23.2. The number of ether oxygens (including phenoxy) is 1. The smallest absolute Gasteiger partial charge is 0.338 e. The summed E-state index contributed by atoms with van der Waals surface area (Å²) in [5, 5.41) is 39.1. The molecule has 8 nitrogen and oxygen atoms in total. The Morgan fingerprint density at radius 2 is 1.45 bits per heavy atom. The standard InChI is InChI=1S/C25H23N3O5/c29-22(24(31)23(30)21-15-26-28(27-21)20-9-5-2-6-10-20)16-33-25(32)19-13-11-18(12-14-19)17-7-3-1-4-8-17/h1-15,22-24,29-31H,16H2. The van der Waals surface area contributed by atoms with Gasteiger partial charge < -0.3 is 20.1 Å². The fourth-order valence-electron chi connectivity index (χ4n) is 3.25. The minimum absolute atomic E-state index is 0.0771. The van der Waals surface area contributed by atoms with Gasteiger partial charge in [0.25, 0.3) is 0 Å². The van der Waals surface area contributed by atoms with Crippen LogP contribution in [0.3, 0.4) is 0 Å². The molecule has 0 fully saturated rings. The van der Waals surface area contributed by atoms with E-state index in [1.54, 1.807) is 36.4 Å². The normalized spacial score (nSPS) is 13.8. The zero-order valence-corrected chi connectivity index (χ0v) is 17.6. The van der Waals surface area contributed by atoms with Crippen LogP contribution in [0.25, 0.3) is 16.8 Å². The Labute approximate surface area is 190 Å². The predicted molar refractivity (Wildman–Crippen MR) is 120 cm³/mol. The highest BCUT2D eigenvalue weighted by Gasteiger charge is 2.29. The zero-order valence-electron chi connectivity index (χ0n) is 17.6. The van der Waals surface area contributed by atoms with Crippen molar-refractivity contribution in [2.45, 2.75) is 18.3 Å². The molecule has 0 aliphatic carbocycles. The molecule has 0 saturated carbocycles. The Bertz CT molecular complexity index is 1180. The lowest BCUT2D eigenvalue weighted by Crippen LogP contribution is -2.36. The molecule has 33 heavy (non-hydrogen) atoms. The minimum atomic E-state index is -1.63. The van der Waals surface area contributed by atoms with Crippen molar-refractivity contribution in [3.8, 4) is 16.8 Å². The van der Waals surface area contributed by atoms with Crippen LogP contribution >= 0.6 is 0 Å². The van der Waals surface area contributed by atoms with E-state index in [1.807, 2.05) is 48.5 Å². The van der Waals surface area contributed by atoms with Gasteiger partial charge in [0.15, 0.2) is 0 Å². The molecule has 0 radical (unpaired) electrons. The fraction of sp³-hybridized carbons (Fsp3) is 0.160. The Hall–Kier alpha value is -3.85. The van der Waals surface area contributed by atoms with Crippen molar-refractivity contribution in [3.05, 3.63) is 102 Å². The van der Waals surface area contributed by atoms with Crippen LogP contribution in [-0.4, -0.2) is 55.1 Å². The molecule has 3 atom stereocenters. The summed E-state index contributed by atoms with van der Waals surface area (Å²) in [5.74, 6) is -0.648. The van der Waals surface area contributed by atoms with E-state index in [2.05, 4.69) is 10.2 Å². The quantitative estimate of drug-likeness (QED) is 0.357. The molecule has 0 aliphatic heterocycles. The first-order valence-electron chi connectivity index (χ1n) is 10.4. The van der Waals surface area contributed by atoms with Crippen LogP contribution in [0.2, 0.25) is 0 Å². The fourth-order valence-corrected chi connectivity index (χ4v) is 3.25. The van der Waals surface area contributed by atoms with Gasteiger partial charge in [-0.1, -0.05) is 60.7 Å². The molecule has 0 aliphatic rings. The van der Waals surface area contributed by atoms with Gasteiger partial charge in [0.2, 0.25) is 0 Å². The summed E-state index contributed by atoms with van der Waals surface area (Å²) in [6.07, 6.45) is -3.36. The Balaban J connectivity index is 1.33. The Morgan fingerprint density at radius 3 is 2.12 bits per heavy atom. The van der Waals surface area contributed by atoms with Gasteiger partial charge in [-0.2, -0.15) is 15.0 Å². The van der Waals surface area contributed by atoms with E-state index in [-0.39, 0.29) is 5.69 Å². The number of benzene rings is 3. The predicted octanol–water partition coefficient (Wildman–Crippen LogP) is 2.55. The molecule has 3 N–H and O–H groups in total. The second-order valence-electron chi connectivity index (χ2n) is 7.44. The molecule has 0 bridgehead atoms. The average molecular weight is 445 g/mol. The van der Waals surface area contributed by atoms with Gasteiger partial charge in [-0.25, -0.2) is 4.79 Å². The summed E-state index contributed by atoms with van der Waals surface area (Å²) >= 11 is 0. The molecule has 0 amide bonds. The average Bonchev–Trinajstić information content (AvgIpc) is 3.38. The van der Waals surface area contributed by atoms with Gasteiger partial charge in [0.05, 0.1) is 17.4 Å². The van der Waals surface area contributed by atoms with Crippen molar-refractivity contribution in [2.24, 2.45) is 0 Å². The van der Waals surface area contributed by atoms with E-state index in [9.17, 15) is 20.1 Å². The molecule has 4 aromatic rings. The van der Waals surface area contributed by atoms with E-state index in [4.69, 9.17) is 4.74 Å². The van der Waals surface area contributed by atoms with Gasteiger partial charge in [-0.15, -0.1) is 0 Å². The Kier molecular flexibility index (Phi) is 6.89. The number of esters is 1. The number of hydrogen-bond donors (Lipinski definition) is 3. The molecule has 1 aromatic heterocycles. The molecular weight excluding hydrogens is 422 g/mol. The number of rotatable bonds is 8. The van der Waals surface area contributed by atoms with E-state index in [0.717, 1.165) is 11.1 Å². The summed E-state index contributed by atoms with van der Waals surface area (Å²) in [6, 6.07) is 25.6. The van der Waals surface area contributed by atoms with E-state index < -0.39 is 30.9 Å². The number of carbonyl (C=O) groups excluding carboxylic acids is 1. The lowest BCUT2D eigenvalue weighted by Gasteiger charge is -2.21. The van der Waals surface area contributed by atoms with Crippen molar-refractivity contribution in [1.29, 1.82) is 0 Å². The lowest BCUT2D eigenvalue weighted by atomic mass is 10.0. The molecule has 0 saturated heterocycles. The summed E-state index contributed by atoms with van der Waals surface area (Å²) in [5.41, 5.74) is 3.04. The van der Waals surface area contributed by atoms with Gasteiger partial charge in [-0.3, -0.25) is 0 Å². The highest BCUT2D eigenvalue weighted by Crippen LogP contribution is 2.20. The van der Waals surface area contributed by atoms with E-state index in [0.29, 0.717) is 11.3 Å². The monoisotopic (exact) mass is 445 g/mol. The molecule has 4 rings (SSSR count). The summed E-state index contributed by atoms with van der Waals surface area (Å²) in [6.45, 7) is -0.496. The molecule has 8 heteroatoms. The summed E-state index contributed by atoms with van der Waals surface area (Å²) in [7, 11) is 0. The highest BCUT2D eigenvalue weighted by molar-refractivity contribution is 5.90. The number of aromatic nitrogens is 3. The van der Waals surface area contributed by atoms with Crippen LogP contribution in [0.1, 0.15) is 22.2 Å². The SMILES string of the molecule is O=C(OCC(O)C(O)C(O)c1cnn(-c2ccccc2)n1)c1ccc(-c2ccccc2)cc1. The van der Waals surface area contributed by atoms with Gasteiger partial charge in [-0.05, 0) is 35.4 Å². The maximum Gasteiger partial charge on any atom is 0.338 e.